The molecular formula is C10H9ClN2O. The fraction of sp³-hybridized carbons (Fsp3) is 0.100. The van der Waals surface area contributed by atoms with Crippen LogP contribution in [0.3, 0.4) is 0 Å². The molecule has 0 bridgehead atoms. The molecule has 1 heterocycles. The second kappa shape index (κ2) is 3.35. The number of halogens is 1. The molecule has 2 aromatic rings. The Hall–Kier alpha value is -1.48. The highest BCUT2D eigenvalue weighted by Crippen LogP contribution is 2.23. The molecule has 3 nitrogen and oxygen atoms in total. The maximum absolute atomic E-state index is 8.51. The van der Waals surface area contributed by atoms with Gasteiger partial charge in [0.1, 0.15) is 0 Å². The van der Waals surface area contributed by atoms with Crippen LogP contribution in [0.15, 0.2) is 23.4 Å². The number of aryl methyl sites for hydroxylation is 1. The lowest BCUT2D eigenvalue weighted by Gasteiger charge is -1.92. The molecule has 2 N–H and O–H groups in total. The summed E-state index contributed by atoms with van der Waals surface area (Å²) >= 11 is 5.88. The first-order valence-electron chi connectivity index (χ1n) is 4.17. The van der Waals surface area contributed by atoms with Gasteiger partial charge in [0.15, 0.2) is 0 Å². The average molecular weight is 209 g/mol. The zero-order valence-corrected chi connectivity index (χ0v) is 8.34. The number of hydrogen-bond acceptors (Lipinski definition) is 2. The van der Waals surface area contributed by atoms with Crippen LogP contribution in [0.1, 0.15) is 11.3 Å². The van der Waals surface area contributed by atoms with Crippen molar-refractivity contribution in [2.45, 2.75) is 6.92 Å². The quantitative estimate of drug-likeness (QED) is 0.423. The highest BCUT2D eigenvalue weighted by Gasteiger charge is 2.06. The summed E-state index contributed by atoms with van der Waals surface area (Å²) in [4.78, 5) is 3.18. The third-order valence-corrected chi connectivity index (χ3v) is 2.42. The monoisotopic (exact) mass is 208 g/mol. The lowest BCUT2D eigenvalue weighted by molar-refractivity contribution is 0.322. The van der Waals surface area contributed by atoms with Gasteiger partial charge in [-0.05, 0) is 25.1 Å². The van der Waals surface area contributed by atoms with Crippen LogP contribution >= 0.6 is 11.6 Å². The van der Waals surface area contributed by atoms with Gasteiger partial charge in [0, 0.05) is 27.2 Å². The third-order valence-electron chi connectivity index (χ3n) is 2.18. The summed E-state index contributed by atoms with van der Waals surface area (Å²) in [6, 6.07) is 5.57. The van der Waals surface area contributed by atoms with Crippen molar-refractivity contribution in [1.29, 1.82) is 0 Å². The van der Waals surface area contributed by atoms with Crippen LogP contribution in [0.2, 0.25) is 5.02 Å². The minimum Gasteiger partial charge on any atom is -0.411 e. The molecule has 0 radical (unpaired) electrons. The minimum atomic E-state index is 0.670. The van der Waals surface area contributed by atoms with Crippen molar-refractivity contribution in [2.24, 2.45) is 5.16 Å². The van der Waals surface area contributed by atoms with Gasteiger partial charge in [0.2, 0.25) is 0 Å². The summed E-state index contributed by atoms with van der Waals surface area (Å²) < 4.78 is 0. The van der Waals surface area contributed by atoms with E-state index in [9.17, 15) is 0 Å². The van der Waals surface area contributed by atoms with Crippen LogP contribution in [-0.4, -0.2) is 16.4 Å². The van der Waals surface area contributed by atoms with Crippen molar-refractivity contribution >= 4 is 28.7 Å². The number of benzene rings is 1. The summed E-state index contributed by atoms with van der Waals surface area (Å²) in [6.07, 6.45) is 1.41. The predicted molar refractivity (Wildman–Crippen MR) is 57.4 cm³/mol. The Labute approximate surface area is 86.0 Å². The van der Waals surface area contributed by atoms with Gasteiger partial charge in [0.05, 0.1) is 6.21 Å². The van der Waals surface area contributed by atoms with Gasteiger partial charge in [-0.2, -0.15) is 0 Å². The van der Waals surface area contributed by atoms with Crippen molar-refractivity contribution < 1.29 is 5.21 Å². The highest BCUT2D eigenvalue weighted by atomic mass is 35.5. The Morgan fingerprint density at radius 3 is 3.00 bits per heavy atom. The summed E-state index contributed by atoms with van der Waals surface area (Å²) in [5, 5.41) is 13.2. The van der Waals surface area contributed by atoms with Crippen LogP contribution in [0.5, 0.6) is 0 Å². The summed E-state index contributed by atoms with van der Waals surface area (Å²) in [7, 11) is 0. The molecule has 0 aliphatic carbocycles. The second-order valence-corrected chi connectivity index (χ2v) is 3.53. The van der Waals surface area contributed by atoms with Gasteiger partial charge in [-0.1, -0.05) is 16.8 Å². The molecule has 72 valence electrons. The Balaban J connectivity index is 2.79. The van der Waals surface area contributed by atoms with Crippen LogP contribution in [0.4, 0.5) is 0 Å². The molecule has 0 unspecified atom stereocenters. The first-order valence-corrected chi connectivity index (χ1v) is 4.55. The first kappa shape index (κ1) is 9.09. The normalized spacial score (nSPS) is 11.6. The molecule has 1 aromatic heterocycles. The Bertz CT molecular complexity index is 502. The number of aromatic nitrogens is 1. The Morgan fingerprint density at radius 1 is 1.50 bits per heavy atom. The van der Waals surface area contributed by atoms with Crippen LogP contribution < -0.4 is 0 Å². The summed E-state index contributed by atoms with van der Waals surface area (Å²) in [5.41, 5.74) is 2.81. The van der Waals surface area contributed by atoms with Crippen molar-refractivity contribution in [2.75, 3.05) is 0 Å². The standard InChI is InChI=1S/C10H9ClN2O/c1-6-9(5-12-14)8-4-7(11)2-3-10(8)13-6/h2-5,13-14H,1H3/b12-5+. The zero-order chi connectivity index (χ0) is 10.1. The molecule has 0 aliphatic rings. The molecule has 0 amide bonds. The van der Waals surface area contributed by atoms with E-state index in [1.165, 1.54) is 6.21 Å². The molecule has 0 saturated carbocycles. The first-order chi connectivity index (χ1) is 6.72. The zero-order valence-electron chi connectivity index (χ0n) is 7.58. The number of rotatable bonds is 1. The van der Waals surface area contributed by atoms with E-state index in [0.29, 0.717) is 5.02 Å². The Kier molecular flexibility index (Phi) is 2.17. The van der Waals surface area contributed by atoms with E-state index in [1.54, 1.807) is 0 Å². The van der Waals surface area contributed by atoms with Crippen molar-refractivity contribution in [3.05, 3.63) is 34.5 Å². The molecule has 0 saturated heterocycles. The maximum Gasteiger partial charge on any atom is 0.0758 e. The summed E-state index contributed by atoms with van der Waals surface area (Å²) in [6.45, 7) is 1.92. The van der Waals surface area contributed by atoms with E-state index in [4.69, 9.17) is 16.8 Å². The summed E-state index contributed by atoms with van der Waals surface area (Å²) in [5.74, 6) is 0. The predicted octanol–water partition coefficient (Wildman–Crippen LogP) is 2.94. The van der Waals surface area contributed by atoms with Crippen LogP contribution in [-0.2, 0) is 0 Å². The van der Waals surface area contributed by atoms with Crippen LogP contribution in [0.25, 0.3) is 10.9 Å². The average Bonchev–Trinajstić information content (AvgIpc) is 2.45. The lowest BCUT2D eigenvalue weighted by atomic mass is 10.1. The van der Waals surface area contributed by atoms with E-state index < -0.39 is 0 Å². The van der Waals surface area contributed by atoms with E-state index in [1.807, 2.05) is 25.1 Å². The van der Waals surface area contributed by atoms with E-state index in [2.05, 4.69) is 10.1 Å². The number of hydrogen-bond donors (Lipinski definition) is 2. The van der Waals surface area contributed by atoms with E-state index >= 15 is 0 Å². The van der Waals surface area contributed by atoms with Crippen molar-refractivity contribution in [3.8, 4) is 0 Å². The molecule has 2 rings (SSSR count). The van der Waals surface area contributed by atoms with E-state index in [0.717, 1.165) is 22.2 Å². The van der Waals surface area contributed by atoms with Gasteiger partial charge in [-0.3, -0.25) is 0 Å². The molecule has 0 atom stereocenters. The van der Waals surface area contributed by atoms with Crippen molar-refractivity contribution in [3.63, 3.8) is 0 Å². The Morgan fingerprint density at radius 2 is 2.29 bits per heavy atom. The number of fused-ring (bicyclic) bond motifs is 1. The fourth-order valence-electron chi connectivity index (χ4n) is 1.54. The molecule has 1 aromatic carbocycles. The number of nitrogens with zero attached hydrogens (tertiary/aromatic N) is 1. The number of nitrogens with one attached hydrogen (secondary N) is 1. The van der Waals surface area contributed by atoms with Gasteiger partial charge in [0.25, 0.3) is 0 Å². The minimum absolute atomic E-state index is 0.670. The third kappa shape index (κ3) is 1.36. The van der Waals surface area contributed by atoms with Gasteiger partial charge >= 0.3 is 0 Å². The maximum atomic E-state index is 8.51. The van der Waals surface area contributed by atoms with Gasteiger partial charge in [-0.15, -0.1) is 0 Å². The van der Waals surface area contributed by atoms with E-state index in [-0.39, 0.29) is 0 Å². The number of aromatic amines is 1. The number of H-pyrrole nitrogens is 1. The number of oxime groups is 1. The second-order valence-electron chi connectivity index (χ2n) is 3.10. The lowest BCUT2D eigenvalue weighted by Crippen LogP contribution is -1.81. The molecule has 4 heteroatoms. The molecular weight excluding hydrogens is 200 g/mol. The molecule has 0 aliphatic heterocycles. The fourth-order valence-corrected chi connectivity index (χ4v) is 1.72. The smallest absolute Gasteiger partial charge is 0.0758 e. The SMILES string of the molecule is Cc1[nH]c2ccc(Cl)cc2c1/C=N/O. The van der Waals surface area contributed by atoms with Gasteiger partial charge < -0.3 is 10.2 Å². The molecule has 0 fully saturated rings. The topological polar surface area (TPSA) is 48.4 Å². The van der Waals surface area contributed by atoms with Gasteiger partial charge in [-0.25, -0.2) is 0 Å². The van der Waals surface area contributed by atoms with Crippen molar-refractivity contribution in [1.82, 2.24) is 4.98 Å². The molecule has 0 spiro atoms. The highest BCUT2D eigenvalue weighted by molar-refractivity contribution is 6.31. The van der Waals surface area contributed by atoms with Crippen LogP contribution in [0, 0.1) is 6.92 Å². The largest absolute Gasteiger partial charge is 0.411 e. The molecule has 14 heavy (non-hydrogen) atoms.